The number of hydrogen-bond acceptors (Lipinski definition) is 4. The van der Waals surface area contributed by atoms with E-state index >= 15 is 0 Å². The Kier molecular flexibility index (Phi) is 3.38. The van der Waals surface area contributed by atoms with Gasteiger partial charge < -0.3 is 19.7 Å². The highest BCUT2D eigenvalue weighted by Crippen LogP contribution is 2.17. The van der Waals surface area contributed by atoms with Crippen LogP contribution in [-0.2, 0) is 6.54 Å². The number of carbonyl (C=O) groups is 1. The topological polar surface area (TPSA) is 82.8 Å². The van der Waals surface area contributed by atoms with Crippen molar-refractivity contribution in [1.29, 1.82) is 0 Å². The Bertz CT molecular complexity index is 523. The maximum absolute atomic E-state index is 11.8. The summed E-state index contributed by atoms with van der Waals surface area (Å²) < 4.78 is 1.22. The molecule has 0 saturated carbocycles. The minimum atomic E-state index is -1.20. The van der Waals surface area contributed by atoms with E-state index in [0.29, 0.717) is 6.54 Å². The second-order valence-corrected chi connectivity index (χ2v) is 4.63. The molecule has 0 radical (unpaired) electrons. The zero-order chi connectivity index (χ0) is 13.3. The molecule has 2 heterocycles. The summed E-state index contributed by atoms with van der Waals surface area (Å²) in [5.41, 5.74) is -0.645. The van der Waals surface area contributed by atoms with Gasteiger partial charge in [0.25, 0.3) is 5.56 Å². The molecule has 1 atom stereocenters. The average Bonchev–Trinajstić information content (AvgIpc) is 2.67. The first-order valence-corrected chi connectivity index (χ1v) is 5.86. The molecule has 0 aromatic carbocycles. The molecule has 0 spiro atoms. The van der Waals surface area contributed by atoms with Gasteiger partial charge in [-0.2, -0.15) is 0 Å². The zero-order valence-corrected chi connectivity index (χ0v) is 10.2. The van der Waals surface area contributed by atoms with Gasteiger partial charge in [0.2, 0.25) is 0 Å². The summed E-state index contributed by atoms with van der Waals surface area (Å²) in [6, 6.07) is 2.32. The van der Waals surface area contributed by atoms with Crippen molar-refractivity contribution < 1.29 is 15.0 Å². The molecule has 1 aromatic rings. The SMILES string of the molecule is CN1CCCC1Cn1c(C(=O)O)cc(O)cc1=O. The minimum absolute atomic E-state index is 0.166. The van der Waals surface area contributed by atoms with Crippen LogP contribution in [0.4, 0.5) is 0 Å². The number of pyridine rings is 1. The van der Waals surface area contributed by atoms with E-state index in [9.17, 15) is 14.7 Å². The predicted molar refractivity (Wildman–Crippen MR) is 65.0 cm³/mol. The third-order valence-electron chi connectivity index (χ3n) is 3.40. The third kappa shape index (κ3) is 2.38. The first-order valence-electron chi connectivity index (χ1n) is 5.86. The molecule has 0 aliphatic carbocycles. The molecule has 98 valence electrons. The van der Waals surface area contributed by atoms with Crippen molar-refractivity contribution in [3.8, 4) is 5.75 Å². The van der Waals surface area contributed by atoms with E-state index in [2.05, 4.69) is 4.90 Å². The Morgan fingerprint density at radius 1 is 1.50 bits per heavy atom. The van der Waals surface area contributed by atoms with Gasteiger partial charge in [-0.15, -0.1) is 0 Å². The molecule has 1 aliphatic rings. The summed E-state index contributed by atoms with van der Waals surface area (Å²) in [6.07, 6.45) is 2.00. The lowest BCUT2D eigenvalue weighted by Crippen LogP contribution is -2.35. The van der Waals surface area contributed by atoms with E-state index in [4.69, 9.17) is 5.11 Å². The number of aromatic carboxylic acids is 1. The molecule has 1 fully saturated rings. The first kappa shape index (κ1) is 12.6. The number of rotatable bonds is 3. The molecule has 1 aromatic heterocycles. The van der Waals surface area contributed by atoms with Crippen molar-refractivity contribution in [2.24, 2.45) is 0 Å². The van der Waals surface area contributed by atoms with Crippen LogP contribution in [0.15, 0.2) is 16.9 Å². The van der Waals surface area contributed by atoms with Crippen LogP contribution in [0.25, 0.3) is 0 Å². The monoisotopic (exact) mass is 252 g/mol. The highest BCUT2D eigenvalue weighted by atomic mass is 16.4. The Morgan fingerprint density at radius 3 is 2.78 bits per heavy atom. The van der Waals surface area contributed by atoms with E-state index in [-0.39, 0.29) is 17.5 Å². The van der Waals surface area contributed by atoms with Gasteiger partial charge in [-0.1, -0.05) is 0 Å². The number of likely N-dealkylation sites (N-methyl/N-ethyl adjacent to an activating group) is 1. The number of nitrogens with zero attached hydrogens (tertiary/aromatic N) is 2. The van der Waals surface area contributed by atoms with E-state index in [0.717, 1.165) is 31.5 Å². The molecular formula is C12H16N2O4. The van der Waals surface area contributed by atoms with Gasteiger partial charge in [0.05, 0.1) is 0 Å². The number of carboxylic acid groups (broad SMARTS) is 1. The molecule has 1 unspecified atom stereocenters. The van der Waals surface area contributed by atoms with Gasteiger partial charge in [-0.05, 0) is 26.4 Å². The standard InChI is InChI=1S/C12H16N2O4/c1-13-4-2-3-8(13)7-14-10(12(17)18)5-9(15)6-11(14)16/h5-6,8,15H,2-4,7H2,1H3,(H,17,18). The lowest BCUT2D eigenvalue weighted by Gasteiger charge is -2.21. The predicted octanol–water partition coefficient (Wildman–Crippen LogP) is 0.346. The molecule has 6 nitrogen and oxygen atoms in total. The number of carboxylic acids is 1. The Morgan fingerprint density at radius 2 is 2.22 bits per heavy atom. The first-order chi connectivity index (χ1) is 8.49. The summed E-state index contributed by atoms with van der Waals surface area (Å²) in [5.74, 6) is -1.52. The van der Waals surface area contributed by atoms with Crippen LogP contribution in [-0.4, -0.2) is 45.3 Å². The van der Waals surface area contributed by atoms with Gasteiger partial charge in [-0.3, -0.25) is 4.79 Å². The fraction of sp³-hybridized carbons (Fsp3) is 0.500. The van der Waals surface area contributed by atoms with Crippen molar-refractivity contribution in [3.05, 3.63) is 28.2 Å². The molecule has 1 aliphatic heterocycles. The molecular weight excluding hydrogens is 236 g/mol. The van der Waals surface area contributed by atoms with Gasteiger partial charge in [0.15, 0.2) is 0 Å². The van der Waals surface area contributed by atoms with E-state index < -0.39 is 11.5 Å². The van der Waals surface area contributed by atoms with Crippen LogP contribution in [0.1, 0.15) is 23.3 Å². The van der Waals surface area contributed by atoms with Crippen LogP contribution in [0.5, 0.6) is 5.75 Å². The van der Waals surface area contributed by atoms with Crippen LogP contribution >= 0.6 is 0 Å². The summed E-state index contributed by atoms with van der Waals surface area (Å²) in [7, 11) is 1.96. The highest BCUT2D eigenvalue weighted by molar-refractivity contribution is 5.86. The van der Waals surface area contributed by atoms with Gasteiger partial charge in [0.1, 0.15) is 11.4 Å². The minimum Gasteiger partial charge on any atom is -0.508 e. The van der Waals surface area contributed by atoms with E-state index in [1.54, 1.807) is 0 Å². The van der Waals surface area contributed by atoms with Crippen molar-refractivity contribution in [2.75, 3.05) is 13.6 Å². The second kappa shape index (κ2) is 4.81. The zero-order valence-electron chi connectivity index (χ0n) is 10.2. The van der Waals surface area contributed by atoms with E-state index in [1.807, 2.05) is 7.05 Å². The summed E-state index contributed by atoms with van der Waals surface area (Å²) in [4.78, 5) is 25.0. The fourth-order valence-electron chi connectivity index (χ4n) is 2.37. The smallest absolute Gasteiger partial charge is 0.352 e. The van der Waals surface area contributed by atoms with Crippen LogP contribution in [0.2, 0.25) is 0 Å². The number of aromatic nitrogens is 1. The van der Waals surface area contributed by atoms with Crippen molar-refractivity contribution in [2.45, 2.75) is 25.4 Å². The summed E-state index contributed by atoms with van der Waals surface area (Å²) in [6.45, 7) is 1.30. The summed E-state index contributed by atoms with van der Waals surface area (Å²) >= 11 is 0. The lowest BCUT2D eigenvalue weighted by atomic mass is 10.2. The quantitative estimate of drug-likeness (QED) is 0.811. The van der Waals surface area contributed by atoms with Crippen molar-refractivity contribution in [3.63, 3.8) is 0 Å². The molecule has 0 amide bonds. The normalized spacial score (nSPS) is 20.2. The number of aromatic hydroxyl groups is 1. The van der Waals surface area contributed by atoms with Gasteiger partial charge >= 0.3 is 5.97 Å². The van der Waals surface area contributed by atoms with Gasteiger partial charge in [-0.25, -0.2) is 4.79 Å². The van der Waals surface area contributed by atoms with Crippen molar-refractivity contribution >= 4 is 5.97 Å². The van der Waals surface area contributed by atoms with Crippen LogP contribution in [0, 0.1) is 0 Å². The van der Waals surface area contributed by atoms with Gasteiger partial charge in [0, 0.05) is 24.7 Å². The molecule has 2 rings (SSSR count). The number of hydrogen-bond donors (Lipinski definition) is 2. The van der Waals surface area contributed by atoms with Crippen molar-refractivity contribution in [1.82, 2.24) is 9.47 Å². The van der Waals surface area contributed by atoms with Crippen LogP contribution in [0.3, 0.4) is 0 Å². The van der Waals surface area contributed by atoms with Crippen LogP contribution < -0.4 is 5.56 Å². The Balaban J connectivity index is 2.37. The lowest BCUT2D eigenvalue weighted by molar-refractivity contribution is 0.0680. The molecule has 6 heteroatoms. The Labute approximate surface area is 104 Å². The average molecular weight is 252 g/mol. The Hall–Kier alpha value is -1.82. The highest BCUT2D eigenvalue weighted by Gasteiger charge is 2.23. The number of likely N-dealkylation sites (tertiary alicyclic amines) is 1. The molecule has 0 bridgehead atoms. The second-order valence-electron chi connectivity index (χ2n) is 4.63. The third-order valence-corrected chi connectivity index (χ3v) is 3.40. The largest absolute Gasteiger partial charge is 0.508 e. The maximum Gasteiger partial charge on any atom is 0.352 e. The molecule has 2 N–H and O–H groups in total. The molecule has 18 heavy (non-hydrogen) atoms. The summed E-state index contributed by atoms with van der Waals surface area (Å²) in [5, 5.41) is 18.4. The maximum atomic E-state index is 11.8. The molecule has 1 saturated heterocycles. The fourth-order valence-corrected chi connectivity index (χ4v) is 2.37. The van der Waals surface area contributed by atoms with E-state index in [1.165, 1.54) is 4.57 Å².